The summed E-state index contributed by atoms with van der Waals surface area (Å²) in [5.74, 6) is 0.211. The van der Waals surface area contributed by atoms with Gasteiger partial charge in [-0.05, 0) is 12.1 Å². The Morgan fingerprint density at radius 1 is 1.48 bits per heavy atom. The van der Waals surface area contributed by atoms with Crippen LogP contribution >= 0.6 is 11.6 Å². The third-order valence-corrected chi connectivity index (χ3v) is 4.29. The molecular weight excluding hydrogens is 322 g/mol. The molecule has 1 heterocycles. The van der Waals surface area contributed by atoms with Gasteiger partial charge in [-0.2, -0.15) is 5.10 Å². The summed E-state index contributed by atoms with van der Waals surface area (Å²) in [7, 11) is -4.09. The van der Waals surface area contributed by atoms with Gasteiger partial charge < -0.3 is 5.73 Å². The van der Waals surface area contributed by atoms with E-state index in [-0.39, 0.29) is 17.4 Å². The predicted octanol–water partition coefficient (Wildman–Crippen LogP) is 1.03. The molecule has 0 bridgehead atoms. The van der Waals surface area contributed by atoms with Gasteiger partial charge in [0.15, 0.2) is 4.90 Å². The van der Waals surface area contributed by atoms with Gasteiger partial charge in [-0.15, -0.1) is 0 Å². The number of nitrogens with zero attached hydrogens (tertiary/aromatic N) is 2. The Hall–Kier alpha value is -2.17. The van der Waals surface area contributed by atoms with Gasteiger partial charge in [-0.25, -0.2) is 13.1 Å². The average molecular weight is 332 g/mol. The van der Waals surface area contributed by atoms with Crippen molar-refractivity contribution in [3.05, 3.63) is 45.1 Å². The maximum Gasteiger partial charge on any atom is 0.290 e. The molecule has 2 rings (SSSR count). The van der Waals surface area contributed by atoms with Crippen LogP contribution in [0.3, 0.4) is 0 Å². The smallest absolute Gasteiger partial charge is 0.290 e. The highest BCUT2D eigenvalue weighted by atomic mass is 35.5. The summed E-state index contributed by atoms with van der Waals surface area (Å²) >= 11 is 5.64. The number of rotatable bonds is 5. The molecule has 0 saturated carbocycles. The van der Waals surface area contributed by atoms with Crippen LogP contribution in [0.5, 0.6) is 0 Å². The van der Waals surface area contributed by atoms with Crippen molar-refractivity contribution in [1.29, 1.82) is 0 Å². The lowest BCUT2D eigenvalue weighted by Gasteiger charge is -2.07. The van der Waals surface area contributed by atoms with E-state index in [1.807, 2.05) is 0 Å². The summed E-state index contributed by atoms with van der Waals surface area (Å²) in [6.45, 7) is -0.148. The minimum Gasteiger partial charge on any atom is -0.384 e. The van der Waals surface area contributed by atoms with Crippen LogP contribution in [-0.2, 0) is 16.6 Å². The van der Waals surface area contributed by atoms with Gasteiger partial charge in [0.25, 0.3) is 5.69 Å². The summed E-state index contributed by atoms with van der Waals surface area (Å²) < 4.78 is 26.5. The predicted molar refractivity (Wildman–Crippen MR) is 75.1 cm³/mol. The quantitative estimate of drug-likeness (QED) is 0.551. The Bertz CT molecular complexity index is 788. The molecule has 1 aromatic carbocycles. The summed E-state index contributed by atoms with van der Waals surface area (Å²) in [4.78, 5) is 9.64. The van der Waals surface area contributed by atoms with Gasteiger partial charge in [-0.1, -0.05) is 11.6 Å². The van der Waals surface area contributed by atoms with Crippen molar-refractivity contribution in [2.24, 2.45) is 0 Å². The number of nitro groups is 1. The van der Waals surface area contributed by atoms with Crippen LogP contribution < -0.4 is 10.5 Å². The molecule has 0 aliphatic carbocycles. The summed E-state index contributed by atoms with van der Waals surface area (Å²) in [5, 5.41) is 17.1. The number of nitro benzene ring substituents is 1. The highest BCUT2D eigenvalue weighted by Gasteiger charge is 2.26. The largest absolute Gasteiger partial charge is 0.384 e. The van der Waals surface area contributed by atoms with Gasteiger partial charge in [0.2, 0.25) is 10.0 Å². The van der Waals surface area contributed by atoms with Gasteiger partial charge in [0.1, 0.15) is 5.82 Å². The highest BCUT2D eigenvalue weighted by Crippen LogP contribution is 2.27. The van der Waals surface area contributed by atoms with Gasteiger partial charge in [0.05, 0.1) is 11.1 Å². The number of aromatic amines is 1. The molecule has 1 aromatic heterocycles. The molecule has 4 N–H and O–H groups in total. The second kappa shape index (κ2) is 5.68. The molecule has 0 atom stereocenters. The number of nitrogens with one attached hydrogen (secondary N) is 2. The van der Waals surface area contributed by atoms with E-state index >= 15 is 0 Å². The fourth-order valence-electron chi connectivity index (χ4n) is 1.57. The van der Waals surface area contributed by atoms with Gasteiger partial charge in [-0.3, -0.25) is 15.2 Å². The first kappa shape index (κ1) is 15.2. The number of benzene rings is 1. The molecular formula is C10H10ClN5O4S. The molecule has 0 spiro atoms. The van der Waals surface area contributed by atoms with Crippen LogP contribution in [0, 0.1) is 10.1 Å². The minimum atomic E-state index is -4.09. The molecule has 0 aliphatic heterocycles. The van der Waals surface area contributed by atoms with Gasteiger partial charge >= 0.3 is 0 Å². The first-order valence-corrected chi connectivity index (χ1v) is 7.38. The molecule has 9 nitrogen and oxygen atoms in total. The molecule has 0 fully saturated rings. The van der Waals surface area contributed by atoms with Crippen molar-refractivity contribution in [2.45, 2.75) is 11.4 Å². The van der Waals surface area contributed by atoms with Crippen LogP contribution in [0.1, 0.15) is 5.56 Å². The van der Waals surface area contributed by atoms with E-state index in [9.17, 15) is 18.5 Å². The zero-order chi connectivity index (χ0) is 15.6. The summed E-state index contributed by atoms with van der Waals surface area (Å²) in [6, 6.07) is 3.30. The van der Waals surface area contributed by atoms with Crippen LogP contribution in [0.25, 0.3) is 0 Å². The number of nitrogens with two attached hydrogens (primary N) is 1. The fraction of sp³-hybridized carbons (Fsp3) is 0.100. The normalized spacial score (nSPS) is 11.5. The lowest BCUT2D eigenvalue weighted by atomic mass is 10.3. The van der Waals surface area contributed by atoms with Crippen molar-refractivity contribution in [3.63, 3.8) is 0 Å². The molecule has 0 unspecified atom stereocenters. The number of hydrogen-bond acceptors (Lipinski definition) is 6. The zero-order valence-electron chi connectivity index (χ0n) is 10.4. The summed E-state index contributed by atoms with van der Waals surface area (Å²) in [6.07, 6.45) is 1.36. The molecule has 11 heteroatoms. The third kappa shape index (κ3) is 3.29. The number of sulfonamides is 1. The molecule has 0 radical (unpaired) electrons. The molecule has 0 saturated heterocycles. The SMILES string of the molecule is Nc1[nH]ncc1CNS(=O)(=O)c1ccc(Cl)cc1[N+](=O)[O-]. The second-order valence-corrected chi connectivity index (χ2v) is 6.17. The lowest BCUT2D eigenvalue weighted by molar-refractivity contribution is -0.387. The van der Waals surface area contributed by atoms with E-state index in [4.69, 9.17) is 17.3 Å². The highest BCUT2D eigenvalue weighted by molar-refractivity contribution is 7.89. The van der Waals surface area contributed by atoms with Crippen molar-refractivity contribution in [1.82, 2.24) is 14.9 Å². The standard InChI is InChI=1S/C10H10ClN5O4S/c11-7-1-2-9(8(3-7)16(17)18)21(19,20)14-5-6-4-13-15-10(6)12/h1-4,14H,5H2,(H3,12,13,15). The topological polar surface area (TPSA) is 144 Å². The molecule has 2 aromatic rings. The van der Waals surface area contributed by atoms with Crippen molar-refractivity contribution >= 4 is 33.1 Å². The Morgan fingerprint density at radius 2 is 2.19 bits per heavy atom. The monoisotopic (exact) mass is 331 g/mol. The lowest BCUT2D eigenvalue weighted by Crippen LogP contribution is -2.24. The van der Waals surface area contributed by atoms with Crippen molar-refractivity contribution < 1.29 is 13.3 Å². The zero-order valence-corrected chi connectivity index (χ0v) is 12.0. The number of H-pyrrole nitrogens is 1. The number of hydrogen-bond donors (Lipinski definition) is 3. The van der Waals surface area contributed by atoms with E-state index in [0.29, 0.717) is 5.56 Å². The summed E-state index contributed by atoms with van der Waals surface area (Å²) in [5.41, 5.74) is 5.35. The van der Waals surface area contributed by atoms with Crippen molar-refractivity contribution in [3.8, 4) is 0 Å². The van der Waals surface area contributed by atoms with E-state index in [1.54, 1.807) is 0 Å². The van der Waals surface area contributed by atoms with E-state index < -0.39 is 25.5 Å². The molecule has 0 amide bonds. The van der Waals surface area contributed by atoms with E-state index in [0.717, 1.165) is 12.1 Å². The van der Waals surface area contributed by atoms with Crippen LogP contribution in [0.15, 0.2) is 29.3 Å². The fourth-order valence-corrected chi connectivity index (χ4v) is 2.90. The van der Waals surface area contributed by atoms with Crippen LogP contribution in [0.2, 0.25) is 5.02 Å². The van der Waals surface area contributed by atoms with E-state index in [1.165, 1.54) is 12.3 Å². The molecule has 112 valence electrons. The van der Waals surface area contributed by atoms with Crippen LogP contribution in [-0.4, -0.2) is 23.5 Å². The van der Waals surface area contributed by atoms with E-state index in [2.05, 4.69) is 14.9 Å². The van der Waals surface area contributed by atoms with Crippen molar-refractivity contribution in [2.75, 3.05) is 5.73 Å². The Labute approximate surface area is 124 Å². The van der Waals surface area contributed by atoms with Crippen LogP contribution in [0.4, 0.5) is 11.5 Å². The third-order valence-electron chi connectivity index (χ3n) is 2.61. The molecule has 0 aliphatic rings. The Kier molecular flexibility index (Phi) is 4.11. The first-order valence-electron chi connectivity index (χ1n) is 5.52. The maximum absolute atomic E-state index is 12.1. The second-order valence-electron chi connectivity index (χ2n) is 4.00. The minimum absolute atomic E-state index is 0.0692. The van der Waals surface area contributed by atoms with Gasteiger partial charge in [0, 0.05) is 23.2 Å². The number of anilines is 1. The molecule has 21 heavy (non-hydrogen) atoms. The number of aromatic nitrogens is 2. The first-order chi connectivity index (χ1) is 9.81. The average Bonchev–Trinajstić information content (AvgIpc) is 2.81. The number of nitrogen functional groups attached to an aromatic ring is 1. The number of halogens is 1. The Morgan fingerprint density at radius 3 is 2.76 bits per heavy atom. The maximum atomic E-state index is 12.1. The Balaban J connectivity index is 2.32.